The molecule has 8 nitrogen and oxygen atoms in total. The Bertz CT molecular complexity index is 748. The molecule has 132 valence electrons. The number of carbonyl (C=O) groups excluding carboxylic acids is 1. The van der Waals surface area contributed by atoms with Crippen molar-refractivity contribution in [2.45, 2.75) is 31.7 Å². The Morgan fingerprint density at radius 1 is 1.24 bits per heavy atom. The van der Waals surface area contributed by atoms with E-state index in [9.17, 15) is 9.59 Å². The molecular formula is C16H18N4O4S. The highest BCUT2D eigenvalue weighted by Gasteiger charge is 2.26. The molecule has 2 amide bonds. The van der Waals surface area contributed by atoms with Gasteiger partial charge in [0.05, 0.1) is 12.2 Å². The number of carboxylic acids is 1. The number of nitrogens with one attached hydrogen (secondary N) is 2. The molecule has 2 aromatic heterocycles. The summed E-state index contributed by atoms with van der Waals surface area (Å²) in [7, 11) is 0. The van der Waals surface area contributed by atoms with Gasteiger partial charge in [0, 0.05) is 6.04 Å². The quantitative estimate of drug-likeness (QED) is 0.752. The number of carbonyl (C=O) groups is 2. The molecule has 0 spiro atoms. The molecule has 0 radical (unpaired) electrons. The van der Waals surface area contributed by atoms with Gasteiger partial charge in [-0.1, -0.05) is 11.3 Å². The molecule has 1 fully saturated rings. The van der Waals surface area contributed by atoms with Crippen molar-refractivity contribution in [3.63, 3.8) is 0 Å². The van der Waals surface area contributed by atoms with Gasteiger partial charge < -0.3 is 14.8 Å². The molecule has 25 heavy (non-hydrogen) atoms. The first-order valence-electron chi connectivity index (χ1n) is 7.95. The summed E-state index contributed by atoms with van der Waals surface area (Å²) in [6.45, 7) is 0. The van der Waals surface area contributed by atoms with Gasteiger partial charge in [0.2, 0.25) is 5.13 Å². The molecule has 9 heteroatoms. The molecule has 1 saturated carbocycles. The number of urea groups is 1. The van der Waals surface area contributed by atoms with Crippen molar-refractivity contribution in [3.8, 4) is 0 Å². The van der Waals surface area contributed by atoms with Crippen LogP contribution in [-0.4, -0.2) is 33.3 Å². The summed E-state index contributed by atoms with van der Waals surface area (Å²) in [5.41, 5.74) is 0. The van der Waals surface area contributed by atoms with E-state index in [1.807, 2.05) is 6.07 Å². The van der Waals surface area contributed by atoms with Crippen LogP contribution >= 0.6 is 11.3 Å². The Hall–Kier alpha value is -2.68. The lowest BCUT2D eigenvalue weighted by Crippen LogP contribution is -2.40. The second-order valence-electron chi connectivity index (χ2n) is 5.78. The van der Waals surface area contributed by atoms with Crippen molar-refractivity contribution in [3.05, 3.63) is 29.2 Å². The van der Waals surface area contributed by atoms with Gasteiger partial charge in [0.1, 0.15) is 10.8 Å². The zero-order valence-corrected chi connectivity index (χ0v) is 14.2. The van der Waals surface area contributed by atoms with E-state index < -0.39 is 5.97 Å². The number of rotatable bonds is 5. The highest BCUT2D eigenvalue weighted by molar-refractivity contribution is 7.16. The number of hydrogen-bond acceptors (Lipinski definition) is 6. The van der Waals surface area contributed by atoms with Crippen LogP contribution < -0.4 is 10.6 Å². The van der Waals surface area contributed by atoms with Gasteiger partial charge >= 0.3 is 12.0 Å². The van der Waals surface area contributed by atoms with Gasteiger partial charge in [-0.2, -0.15) is 0 Å². The van der Waals surface area contributed by atoms with Crippen LogP contribution in [-0.2, 0) is 4.79 Å². The number of amides is 2. The molecule has 2 aromatic rings. The molecule has 0 aromatic carbocycles. The minimum absolute atomic E-state index is 0.0122. The number of anilines is 1. The topological polar surface area (TPSA) is 117 Å². The number of aliphatic carboxylic acids is 1. The molecule has 0 bridgehead atoms. The van der Waals surface area contributed by atoms with Crippen molar-refractivity contribution < 1.29 is 19.1 Å². The first-order valence-corrected chi connectivity index (χ1v) is 8.77. The third kappa shape index (κ3) is 4.90. The van der Waals surface area contributed by atoms with Crippen LogP contribution in [0.4, 0.5) is 9.93 Å². The van der Waals surface area contributed by atoms with E-state index in [-0.39, 0.29) is 18.0 Å². The lowest BCUT2D eigenvalue weighted by Gasteiger charge is -2.26. The molecular weight excluding hydrogens is 344 g/mol. The van der Waals surface area contributed by atoms with Crippen molar-refractivity contribution in [1.29, 1.82) is 0 Å². The smallest absolute Gasteiger partial charge is 0.321 e. The molecule has 3 N–H and O–H groups in total. The van der Waals surface area contributed by atoms with E-state index >= 15 is 0 Å². The van der Waals surface area contributed by atoms with E-state index in [0.29, 0.717) is 41.6 Å². The van der Waals surface area contributed by atoms with Gasteiger partial charge in [0.25, 0.3) is 0 Å². The Morgan fingerprint density at radius 3 is 2.72 bits per heavy atom. The van der Waals surface area contributed by atoms with E-state index in [0.717, 1.165) is 0 Å². The van der Waals surface area contributed by atoms with Crippen LogP contribution in [0.15, 0.2) is 22.8 Å². The fourth-order valence-electron chi connectivity index (χ4n) is 2.70. The Labute approximate surface area is 148 Å². The van der Waals surface area contributed by atoms with Crippen molar-refractivity contribution in [1.82, 2.24) is 15.5 Å². The third-order valence-corrected chi connectivity index (χ3v) is 4.81. The van der Waals surface area contributed by atoms with Gasteiger partial charge in [-0.3, -0.25) is 10.1 Å². The highest BCUT2D eigenvalue weighted by atomic mass is 32.1. The predicted octanol–water partition coefficient (Wildman–Crippen LogP) is 3.07. The van der Waals surface area contributed by atoms with Gasteiger partial charge in [-0.05, 0) is 50.0 Å². The summed E-state index contributed by atoms with van der Waals surface area (Å²) >= 11 is 1.25. The fraction of sp³-hybridized carbons (Fsp3) is 0.375. The van der Waals surface area contributed by atoms with E-state index in [1.165, 1.54) is 11.3 Å². The van der Waals surface area contributed by atoms with Crippen LogP contribution in [0.1, 0.15) is 36.5 Å². The Balaban J connectivity index is 1.46. The SMILES string of the molecule is O=C(Nc1nnc(/C=C/c2ccco2)s1)NC1CCC(C(=O)O)CC1. The van der Waals surface area contributed by atoms with Crippen molar-refractivity contribution in [2.24, 2.45) is 5.92 Å². The number of hydrogen-bond donors (Lipinski definition) is 3. The van der Waals surface area contributed by atoms with Crippen LogP contribution in [0.2, 0.25) is 0 Å². The van der Waals surface area contributed by atoms with Crippen LogP contribution in [0.25, 0.3) is 12.2 Å². The molecule has 1 aliphatic rings. The van der Waals surface area contributed by atoms with Crippen molar-refractivity contribution in [2.75, 3.05) is 5.32 Å². The maximum atomic E-state index is 12.0. The van der Waals surface area contributed by atoms with Crippen LogP contribution in [0.5, 0.6) is 0 Å². The number of furan rings is 1. The second-order valence-corrected chi connectivity index (χ2v) is 6.79. The molecule has 0 saturated heterocycles. The Morgan fingerprint density at radius 2 is 2.04 bits per heavy atom. The second kappa shape index (κ2) is 7.93. The van der Waals surface area contributed by atoms with Crippen LogP contribution in [0, 0.1) is 5.92 Å². The number of carboxylic acid groups (broad SMARTS) is 1. The van der Waals surface area contributed by atoms with E-state index in [2.05, 4.69) is 20.8 Å². The van der Waals surface area contributed by atoms with Gasteiger partial charge in [0.15, 0.2) is 0 Å². The molecule has 3 rings (SSSR count). The van der Waals surface area contributed by atoms with Gasteiger partial charge in [-0.25, -0.2) is 4.79 Å². The molecule has 0 atom stereocenters. The van der Waals surface area contributed by atoms with E-state index in [4.69, 9.17) is 9.52 Å². The molecule has 1 aliphatic carbocycles. The lowest BCUT2D eigenvalue weighted by molar-refractivity contribution is -0.142. The molecule has 0 aliphatic heterocycles. The summed E-state index contributed by atoms with van der Waals surface area (Å²) in [6.07, 6.45) is 7.61. The summed E-state index contributed by atoms with van der Waals surface area (Å²) in [5, 5.41) is 23.4. The fourth-order valence-corrected chi connectivity index (χ4v) is 3.34. The van der Waals surface area contributed by atoms with E-state index in [1.54, 1.807) is 24.5 Å². The van der Waals surface area contributed by atoms with Crippen LogP contribution in [0.3, 0.4) is 0 Å². The lowest BCUT2D eigenvalue weighted by atomic mass is 9.86. The molecule has 2 heterocycles. The average molecular weight is 362 g/mol. The maximum Gasteiger partial charge on any atom is 0.321 e. The maximum absolute atomic E-state index is 12.0. The average Bonchev–Trinajstić information content (AvgIpc) is 3.25. The standard InChI is InChI=1S/C16H18N4O4S/c21-14(22)10-3-5-11(6-4-10)17-15(23)18-16-20-19-13(25-16)8-7-12-2-1-9-24-12/h1-2,7-11H,3-6H2,(H,21,22)(H2,17,18,20,23)/b8-7+. The normalized spacial score (nSPS) is 20.5. The minimum atomic E-state index is -0.758. The summed E-state index contributed by atoms with van der Waals surface area (Å²) in [4.78, 5) is 22.9. The number of nitrogens with zero attached hydrogens (tertiary/aromatic N) is 2. The summed E-state index contributed by atoms with van der Waals surface area (Å²) < 4.78 is 5.19. The zero-order valence-electron chi connectivity index (χ0n) is 13.3. The monoisotopic (exact) mass is 362 g/mol. The first kappa shape index (κ1) is 17.2. The minimum Gasteiger partial charge on any atom is -0.481 e. The third-order valence-electron chi connectivity index (χ3n) is 4.01. The molecule has 0 unspecified atom stereocenters. The first-order chi connectivity index (χ1) is 12.1. The summed E-state index contributed by atoms with van der Waals surface area (Å²) in [6, 6.07) is 3.25. The Kier molecular flexibility index (Phi) is 5.44. The highest BCUT2D eigenvalue weighted by Crippen LogP contribution is 2.24. The number of aromatic nitrogens is 2. The largest absolute Gasteiger partial charge is 0.481 e. The predicted molar refractivity (Wildman–Crippen MR) is 93.1 cm³/mol. The summed E-state index contributed by atoms with van der Waals surface area (Å²) in [5.74, 6) is -0.348. The van der Waals surface area contributed by atoms with Crippen molar-refractivity contribution >= 4 is 40.6 Å². The van der Waals surface area contributed by atoms with Gasteiger partial charge in [-0.15, -0.1) is 10.2 Å². The zero-order chi connectivity index (χ0) is 17.6.